The van der Waals surface area contributed by atoms with Crippen molar-refractivity contribution in [1.29, 1.82) is 0 Å². The number of rotatable bonds is 5. The summed E-state index contributed by atoms with van der Waals surface area (Å²) in [5.74, 6) is -0.967. The lowest BCUT2D eigenvalue weighted by molar-refractivity contribution is -0.119. The maximum absolute atomic E-state index is 13.1. The van der Waals surface area contributed by atoms with Gasteiger partial charge in [0.05, 0.1) is 21.3 Å². The van der Waals surface area contributed by atoms with Crippen molar-refractivity contribution >= 4 is 44.4 Å². The Hall–Kier alpha value is -3.06. The van der Waals surface area contributed by atoms with Gasteiger partial charge in [0.25, 0.3) is 11.8 Å². The van der Waals surface area contributed by atoms with Crippen molar-refractivity contribution in [2.45, 2.75) is 13.8 Å². The minimum absolute atomic E-state index is 0.207. The molecule has 0 saturated carbocycles. The highest BCUT2D eigenvalue weighted by molar-refractivity contribution is 7.22. The number of thiazole rings is 1. The first-order valence-corrected chi connectivity index (χ1v) is 9.88. The van der Waals surface area contributed by atoms with Crippen molar-refractivity contribution in [2.75, 3.05) is 18.0 Å². The molecular formula is C21H19N3O3S. The van der Waals surface area contributed by atoms with Crippen LogP contribution in [0.4, 0.5) is 5.13 Å². The molecule has 2 aromatic carbocycles. The molecule has 0 spiro atoms. The fourth-order valence-electron chi connectivity index (χ4n) is 3.23. The van der Waals surface area contributed by atoms with Gasteiger partial charge in [-0.1, -0.05) is 49.4 Å². The summed E-state index contributed by atoms with van der Waals surface area (Å²) in [5, 5.41) is 0.580. The lowest BCUT2D eigenvalue weighted by Gasteiger charge is -2.24. The SMILES string of the molecule is CC(C)CN(C(=O)CN1C(=O)c2ccccc2C1=O)c1nc2ccccc2s1. The first kappa shape index (κ1) is 18.3. The summed E-state index contributed by atoms with van der Waals surface area (Å²) >= 11 is 1.43. The number of fused-ring (bicyclic) bond motifs is 2. The van der Waals surface area contributed by atoms with E-state index in [0.717, 1.165) is 15.1 Å². The molecule has 3 amide bonds. The Balaban J connectivity index is 1.62. The molecule has 1 aromatic heterocycles. The summed E-state index contributed by atoms with van der Waals surface area (Å²) in [6, 6.07) is 14.3. The molecule has 0 unspecified atom stereocenters. The standard InChI is InChI=1S/C21H19N3O3S/c1-13(2)11-23(21-22-16-9-5-6-10-17(16)28-21)18(25)12-24-19(26)14-7-3-4-8-15(14)20(24)27/h3-10,13H,11-12H2,1-2H3. The third kappa shape index (κ3) is 3.18. The molecule has 0 aliphatic carbocycles. The van der Waals surface area contributed by atoms with Crippen LogP contribution in [0.3, 0.4) is 0 Å². The van der Waals surface area contributed by atoms with E-state index in [0.29, 0.717) is 22.8 Å². The maximum atomic E-state index is 13.1. The van der Waals surface area contributed by atoms with E-state index in [1.807, 2.05) is 38.1 Å². The van der Waals surface area contributed by atoms with Crippen molar-refractivity contribution in [2.24, 2.45) is 5.92 Å². The topological polar surface area (TPSA) is 70.6 Å². The lowest BCUT2D eigenvalue weighted by Crippen LogP contribution is -2.44. The van der Waals surface area contributed by atoms with Gasteiger partial charge in [-0.25, -0.2) is 4.98 Å². The zero-order chi connectivity index (χ0) is 19.8. The third-order valence-corrected chi connectivity index (χ3v) is 5.59. The van der Waals surface area contributed by atoms with Crippen LogP contribution in [0.2, 0.25) is 0 Å². The number of para-hydroxylation sites is 1. The van der Waals surface area contributed by atoms with Crippen molar-refractivity contribution in [3.63, 3.8) is 0 Å². The molecule has 0 N–H and O–H groups in total. The molecule has 3 aromatic rings. The summed E-state index contributed by atoms with van der Waals surface area (Å²) in [6.07, 6.45) is 0. The molecule has 2 heterocycles. The molecule has 0 saturated heterocycles. The molecule has 0 radical (unpaired) electrons. The smallest absolute Gasteiger partial charge is 0.262 e. The Morgan fingerprint density at radius 3 is 2.25 bits per heavy atom. The average molecular weight is 393 g/mol. The zero-order valence-corrected chi connectivity index (χ0v) is 16.4. The van der Waals surface area contributed by atoms with Gasteiger partial charge in [0.2, 0.25) is 5.91 Å². The second-order valence-electron chi connectivity index (χ2n) is 7.10. The van der Waals surface area contributed by atoms with Crippen molar-refractivity contribution in [1.82, 2.24) is 9.88 Å². The summed E-state index contributed by atoms with van der Waals surface area (Å²) in [4.78, 5) is 45.5. The molecule has 142 valence electrons. The summed E-state index contributed by atoms with van der Waals surface area (Å²) in [6.45, 7) is 4.18. The van der Waals surface area contributed by atoms with E-state index in [9.17, 15) is 14.4 Å². The second-order valence-corrected chi connectivity index (χ2v) is 8.11. The Kier molecular flexibility index (Phi) is 4.68. The quantitative estimate of drug-likeness (QED) is 0.621. The van der Waals surface area contributed by atoms with Gasteiger partial charge in [0, 0.05) is 6.54 Å². The third-order valence-electron chi connectivity index (χ3n) is 4.53. The van der Waals surface area contributed by atoms with Crippen LogP contribution in [0.15, 0.2) is 48.5 Å². The number of hydrogen-bond donors (Lipinski definition) is 0. The minimum atomic E-state index is -0.428. The zero-order valence-electron chi connectivity index (χ0n) is 15.6. The Labute approximate surface area is 166 Å². The fraction of sp³-hybridized carbons (Fsp3) is 0.238. The van der Waals surface area contributed by atoms with Gasteiger partial charge in [-0.2, -0.15) is 0 Å². The van der Waals surface area contributed by atoms with E-state index in [4.69, 9.17) is 0 Å². The van der Waals surface area contributed by atoms with Gasteiger partial charge in [0.1, 0.15) is 6.54 Å². The van der Waals surface area contributed by atoms with Crippen LogP contribution in [-0.2, 0) is 4.79 Å². The molecule has 6 nitrogen and oxygen atoms in total. The maximum Gasteiger partial charge on any atom is 0.262 e. The lowest BCUT2D eigenvalue weighted by atomic mass is 10.1. The number of carbonyl (C=O) groups is 3. The van der Waals surface area contributed by atoms with Crippen LogP contribution < -0.4 is 4.90 Å². The number of aromatic nitrogens is 1. The van der Waals surface area contributed by atoms with E-state index in [1.54, 1.807) is 29.2 Å². The van der Waals surface area contributed by atoms with Gasteiger partial charge < -0.3 is 0 Å². The van der Waals surface area contributed by atoms with Crippen LogP contribution >= 0.6 is 11.3 Å². The number of nitrogens with zero attached hydrogens (tertiary/aromatic N) is 3. The monoisotopic (exact) mass is 393 g/mol. The van der Waals surface area contributed by atoms with E-state index in [2.05, 4.69) is 4.98 Å². The largest absolute Gasteiger partial charge is 0.286 e. The van der Waals surface area contributed by atoms with Crippen molar-refractivity contribution in [3.05, 3.63) is 59.7 Å². The predicted molar refractivity (Wildman–Crippen MR) is 109 cm³/mol. The van der Waals surface area contributed by atoms with Crippen molar-refractivity contribution in [3.8, 4) is 0 Å². The highest BCUT2D eigenvalue weighted by Gasteiger charge is 2.37. The van der Waals surface area contributed by atoms with Crippen LogP contribution in [0.1, 0.15) is 34.6 Å². The van der Waals surface area contributed by atoms with Gasteiger partial charge in [-0.3, -0.25) is 24.2 Å². The normalized spacial score (nSPS) is 13.5. The summed E-state index contributed by atoms with van der Waals surface area (Å²) in [7, 11) is 0. The molecule has 28 heavy (non-hydrogen) atoms. The van der Waals surface area contributed by atoms with Crippen LogP contribution in [0.25, 0.3) is 10.2 Å². The van der Waals surface area contributed by atoms with Crippen molar-refractivity contribution < 1.29 is 14.4 Å². The van der Waals surface area contributed by atoms with E-state index >= 15 is 0 Å². The molecule has 0 bridgehead atoms. The van der Waals surface area contributed by atoms with Crippen LogP contribution in [-0.4, -0.2) is 40.7 Å². The highest BCUT2D eigenvalue weighted by atomic mass is 32.1. The molecular weight excluding hydrogens is 374 g/mol. The summed E-state index contributed by atoms with van der Waals surface area (Å²) < 4.78 is 0.986. The number of imide groups is 1. The fourth-order valence-corrected chi connectivity index (χ4v) is 4.22. The van der Waals surface area contributed by atoms with E-state index in [-0.39, 0.29) is 18.4 Å². The number of hydrogen-bond acceptors (Lipinski definition) is 5. The second kappa shape index (κ2) is 7.16. The number of carbonyl (C=O) groups excluding carboxylic acids is 3. The van der Waals surface area contributed by atoms with Crippen LogP contribution in [0.5, 0.6) is 0 Å². The molecule has 0 atom stereocenters. The first-order valence-electron chi connectivity index (χ1n) is 9.07. The first-order chi connectivity index (χ1) is 13.5. The van der Waals surface area contributed by atoms with E-state index < -0.39 is 11.8 Å². The Morgan fingerprint density at radius 2 is 1.64 bits per heavy atom. The molecule has 4 rings (SSSR count). The number of amides is 3. The number of anilines is 1. The minimum Gasteiger partial charge on any atom is -0.286 e. The van der Waals surface area contributed by atoms with Gasteiger partial charge in [0.15, 0.2) is 5.13 Å². The predicted octanol–water partition coefficient (Wildman–Crippen LogP) is 3.58. The van der Waals surface area contributed by atoms with E-state index in [1.165, 1.54) is 11.3 Å². The van der Waals surface area contributed by atoms with Gasteiger partial charge in [-0.05, 0) is 30.2 Å². The molecule has 1 aliphatic heterocycles. The molecule has 7 heteroatoms. The Bertz CT molecular complexity index is 1020. The number of benzene rings is 2. The highest BCUT2D eigenvalue weighted by Crippen LogP contribution is 2.30. The van der Waals surface area contributed by atoms with Gasteiger partial charge in [-0.15, -0.1) is 0 Å². The Morgan fingerprint density at radius 1 is 1.04 bits per heavy atom. The summed E-state index contributed by atoms with van der Waals surface area (Å²) in [5.41, 5.74) is 1.51. The van der Waals surface area contributed by atoms with Gasteiger partial charge >= 0.3 is 0 Å². The van der Waals surface area contributed by atoms with Crippen LogP contribution in [0, 0.1) is 5.92 Å². The molecule has 1 aliphatic rings. The average Bonchev–Trinajstić information content (AvgIpc) is 3.21. The molecule has 0 fully saturated rings.